The average Bonchev–Trinajstić information content (AvgIpc) is 2.70. The van der Waals surface area contributed by atoms with E-state index in [4.69, 9.17) is 5.11 Å². The molecular weight excluding hydrogens is 294 g/mol. The first-order valence-corrected chi connectivity index (χ1v) is 6.40. The van der Waals surface area contributed by atoms with Crippen molar-refractivity contribution in [2.24, 2.45) is 0 Å². The molecular formula is C13H13N3O6. The van der Waals surface area contributed by atoms with Crippen LogP contribution in [0.2, 0.25) is 0 Å². The fraction of sp³-hybridized carbons (Fsp3) is 0.308. The van der Waals surface area contributed by atoms with E-state index in [1.54, 1.807) is 0 Å². The van der Waals surface area contributed by atoms with E-state index in [2.05, 4.69) is 5.32 Å². The van der Waals surface area contributed by atoms with Gasteiger partial charge in [-0.1, -0.05) is 0 Å². The quantitative estimate of drug-likeness (QED) is 0.436. The number of nitrogens with zero attached hydrogens (tertiary/aromatic N) is 2. The Bertz CT molecular complexity index is 670. The molecule has 1 aliphatic rings. The Hall–Kier alpha value is -2.81. The monoisotopic (exact) mass is 307 g/mol. The molecule has 0 radical (unpaired) electrons. The number of nitro groups is 1. The lowest BCUT2D eigenvalue weighted by atomic mass is 10.1. The van der Waals surface area contributed by atoms with E-state index < -0.39 is 35.3 Å². The summed E-state index contributed by atoms with van der Waals surface area (Å²) < 4.78 is 0. The van der Waals surface area contributed by atoms with E-state index in [1.807, 2.05) is 0 Å². The van der Waals surface area contributed by atoms with Gasteiger partial charge in [-0.15, -0.1) is 0 Å². The summed E-state index contributed by atoms with van der Waals surface area (Å²) in [5.41, 5.74) is -0.373. The van der Waals surface area contributed by atoms with Crippen LogP contribution < -0.4 is 5.32 Å². The van der Waals surface area contributed by atoms with Gasteiger partial charge in [0.25, 0.3) is 17.5 Å². The van der Waals surface area contributed by atoms with Crippen molar-refractivity contribution in [1.29, 1.82) is 0 Å². The highest BCUT2D eigenvalue weighted by Gasteiger charge is 2.37. The second-order valence-electron chi connectivity index (χ2n) is 4.84. The Kier molecular flexibility index (Phi) is 4.18. The number of hydrogen-bond acceptors (Lipinski definition) is 6. The lowest BCUT2D eigenvalue weighted by Crippen LogP contribution is -2.42. The van der Waals surface area contributed by atoms with Gasteiger partial charge in [-0.05, 0) is 13.0 Å². The number of imide groups is 1. The predicted octanol–water partition coefficient (Wildman–Crippen LogP) is -0.312. The first kappa shape index (κ1) is 15.6. The lowest BCUT2D eigenvalue weighted by molar-refractivity contribution is -0.384. The third-order valence-electron chi connectivity index (χ3n) is 3.06. The molecule has 9 heteroatoms. The van der Waals surface area contributed by atoms with Crippen LogP contribution in [-0.2, 0) is 4.79 Å². The predicted molar refractivity (Wildman–Crippen MR) is 73.2 cm³/mol. The Balaban J connectivity index is 2.17. The molecule has 0 spiro atoms. The molecule has 22 heavy (non-hydrogen) atoms. The van der Waals surface area contributed by atoms with Crippen LogP contribution in [0.15, 0.2) is 18.2 Å². The summed E-state index contributed by atoms with van der Waals surface area (Å²) in [5.74, 6) is -2.04. The molecule has 0 bridgehead atoms. The molecule has 0 aromatic heterocycles. The van der Waals surface area contributed by atoms with Crippen LogP contribution in [0.5, 0.6) is 0 Å². The van der Waals surface area contributed by atoms with Gasteiger partial charge in [0, 0.05) is 18.7 Å². The number of hydrogen-bond donors (Lipinski definition) is 2. The summed E-state index contributed by atoms with van der Waals surface area (Å²) in [5, 5.41) is 22.1. The number of carbonyl (C=O) groups is 3. The van der Waals surface area contributed by atoms with Crippen LogP contribution in [0.1, 0.15) is 27.6 Å². The topological polar surface area (TPSA) is 130 Å². The standard InChI is InChI=1S/C13H13N3O6/c1-7(17)5-14-11(18)6-15-12(19)9-3-2-8(16(21)22)4-10(9)13(15)20/h2-4,7,17H,5-6H2,1H3,(H,14,18). The number of non-ortho nitro benzene ring substituents is 1. The normalized spacial score (nSPS) is 14.7. The molecule has 1 aromatic carbocycles. The summed E-state index contributed by atoms with van der Waals surface area (Å²) in [6.45, 7) is 0.960. The van der Waals surface area contributed by atoms with Crippen molar-refractivity contribution in [1.82, 2.24) is 10.2 Å². The average molecular weight is 307 g/mol. The van der Waals surface area contributed by atoms with E-state index in [-0.39, 0.29) is 23.4 Å². The van der Waals surface area contributed by atoms with Crippen LogP contribution in [0, 0.1) is 10.1 Å². The van der Waals surface area contributed by atoms with E-state index in [0.29, 0.717) is 4.90 Å². The van der Waals surface area contributed by atoms with Gasteiger partial charge in [0.15, 0.2) is 0 Å². The van der Waals surface area contributed by atoms with Crippen molar-refractivity contribution < 1.29 is 24.4 Å². The molecule has 3 amide bonds. The van der Waals surface area contributed by atoms with Crippen LogP contribution in [-0.4, -0.2) is 51.8 Å². The molecule has 1 atom stereocenters. The second kappa shape index (κ2) is 5.90. The zero-order valence-electron chi connectivity index (χ0n) is 11.6. The minimum absolute atomic E-state index is 0.00647. The van der Waals surface area contributed by atoms with E-state index in [1.165, 1.54) is 13.0 Å². The summed E-state index contributed by atoms with van der Waals surface area (Å²) in [4.78, 5) is 46.6. The van der Waals surface area contributed by atoms with Gasteiger partial charge in [0.05, 0.1) is 22.2 Å². The lowest BCUT2D eigenvalue weighted by Gasteiger charge is -2.14. The molecule has 0 fully saturated rings. The smallest absolute Gasteiger partial charge is 0.270 e. The molecule has 0 saturated carbocycles. The van der Waals surface area contributed by atoms with Gasteiger partial charge >= 0.3 is 0 Å². The molecule has 1 unspecified atom stereocenters. The minimum atomic E-state index is -0.756. The van der Waals surface area contributed by atoms with Gasteiger partial charge < -0.3 is 10.4 Å². The molecule has 9 nitrogen and oxygen atoms in total. The van der Waals surface area contributed by atoms with E-state index >= 15 is 0 Å². The highest BCUT2D eigenvalue weighted by molar-refractivity contribution is 6.22. The Labute approximate surface area is 124 Å². The molecule has 1 heterocycles. The molecule has 2 N–H and O–H groups in total. The van der Waals surface area contributed by atoms with Gasteiger partial charge in [-0.3, -0.25) is 29.4 Å². The minimum Gasteiger partial charge on any atom is -0.392 e. The maximum absolute atomic E-state index is 12.1. The van der Waals surface area contributed by atoms with Gasteiger partial charge in [0.1, 0.15) is 6.54 Å². The van der Waals surface area contributed by atoms with E-state index in [0.717, 1.165) is 12.1 Å². The molecule has 2 rings (SSSR count). The maximum atomic E-state index is 12.1. The van der Waals surface area contributed by atoms with Crippen molar-refractivity contribution in [3.05, 3.63) is 39.4 Å². The third kappa shape index (κ3) is 2.93. The summed E-state index contributed by atoms with van der Waals surface area (Å²) in [7, 11) is 0. The second-order valence-corrected chi connectivity index (χ2v) is 4.84. The number of fused-ring (bicyclic) bond motifs is 1. The highest BCUT2D eigenvalue weighted by atomic mass is 16.6. The SMILES string of the molecule is CC(O)CNC(=O)CN1C(=O)c2ccc([N+](=O)[O-])cc2C1=O. The number of nitro benzene ring substituents is 1. The molecule has 1 aromatic rings. The van der Waals surface area contributed by atoms with Crippen molar-refractivity contribution in [3.63, 3.8) is 0 Å². The van der Waals surface area contributed by atoms with Gasteiger partial charge in [-0.2, -0.15) is 0 Å². The number of aliphatic hydroxyl groups is 1. The zero-order valence-corrected chi connectivity index (χ0v) is 11.6. The number of aliphatic hydroxyl groups excluding tert-OH is 1. The van der Waals surface area contributed by atoms with Gasteiger partial charge in [0.2, 0.25) is 5.91 Å². The number of amides is 3. The van der Waals surface area contributed by atoms with Gasteiger partial charge in [-0.25, -0.2) is 0 Å². The van der Waals surface area contributed by atoms with Crippen LogP contribution >= 0.6 is 0 Å². The Morgan fingerprint density at radius 3 is 2.59 bits per heavy atom. The van der Waals surface area contributed by atoms with Crippen molar-refractivity contribution in [3.8, 4) is 0 Å². The van der Waals surface area contributed by atoms with Crippen LogP contribution in [0.3, 0.4) is 0 Å². The molecule has 0 saturated heterocycles. The van der Waals surface area contributed by atoms with Crippen LogP contribution in [0.25, 0.3) is 0 Å². The van der Waals surface area contributed by atoms with Crippen molar-refractivity contribution in [2.75, 3.05) is 13.1 Å². The van der Waals surface area contributed by atoms with Crippen molar-refractivity contribution >= 4 is 23.4 Å². The van der Waals surface area contributed by atoms with E-state index in [9.17, 15) is 24.5 Å². The molecule has 0 aliphatic carbocycles. The number of carbonyl (C=O) groups excluding carboxylic acids is 3. The summed E-state index contributed by atoms with van der Waals surface area (Å²) >= 11 is 0. The third-order valence-corrected chi connectivity index (χ3v) is 3.06. The van der Waals surface area contributed by atoms with Crippen molar-refractivity contribution in [2.45, 2.75) is 13.0 Å². The zero-order chi connectivity index (χ0) is 16.4. The molecule has 116 valence electrons. The largest absolute Gasteiger partial charge is 0.392 e. The maximum Gasteiger partial charge on any atom is 0.270 e. The number of rotatable bonds is 5. The summed E-state index contributed by atoms with van der Waals surface area (Å²) in [6.07, 6.45) is -0.756. The molecule has 1 aliphatic heterocycles. The number of benzene rings is 1. The number of nitrogens with one attached hydrogen (secondary N) is 1. The Morgan fingerprint density at radius 2 is 2.00 bits per heavy atom. The fourth-order valence-electron chi connectivity index (χ4n) is 2.00. The Morgan fingerprint density at radius 1 is 1.36 bits per heavy atom. The highest BCUT2D eigenvalue weighted by Crippen LogP contribution is 2.26. The summed E-state index contributed by atoms with van der Waals surface area (Å²) in [6, 6.07) is 3.34. The first-order valence-electron chi connectivity index (χ1n) is 6.40. The first-order chi connectivity index (χ1) is 10.3. The van der Waals surface area contributed by atoms with Crippen LogP contribution in [0.4, 0.5) is 5.69 Å². The fourth-order valence-corrected chi connectivity index (χ4v) is 2.00.